The van der Waals surface area contributed by atoms with Gasteiger partial charge in [-0.25, -0.2) is 9.78 Å². The fraction of sp³-hybridized carbons (Fsp3) is 0.273. The molecule has 17 heavy (non-hydrogen) atoms. The van der Waals surface area contributed by atoms with Crippen molar-refractivity contribution in [3.63, 3.8) is 0 Å². The Labute approximate surface area is 102 Å². The molecule has 1 heterocycles. The standard InChI is InChI=1S/C11H10ClN3O2/c12-6-1-2-7-8(5-6)17-9(14-7)11(3-4-11)15-10(13)16/h1-2,5H,3-4H2,(H3,13,15,16). The van der Waals surface area contributed by atoms with Gasteiger partial charge < -0.3 is 15.5 Å². The predicted molar refractivity (Wildman–Crippen MR) is 62.7 cm³/mol. The number of urea groups is 1. The van der Waals surface area contributed by atoms with Gasteiger partial charge in [0, 0.05) is 11.1 Å². The van der Waals surface area contributed by atoms with E-state index in [1.807, 2.05) is 0 Å². The number of halogens is 1. The molecule has 0 spiro atoms. The highest BCUT2D eigenvalue weighted by molar-refractivity contribution is 6.31. The molecule has 0 unspecified atom stereocenters. The van der Waals surface area contributed by atoms with Crippen molar-refractivity contribution in [1.82, 2.24) is 10.3 Å². The highest BCUT2D eigenvalue weighted by Gasteiger charge is 2.50. The van der Waals surface area contributed by atoms with Crippen molar-refractivity contribution in [2.24, 2.45) is 5.73 Å². The molecule has 1 aromatic carbocycles. The molecular weight excluding hydrogens is 242 g/mol. The first kappa shape index (κ1) is 10.4. The molecule has 2 amide bonds. The first-order valence-corrected chi connectivity index (χ1v) is 5.61. The summed E-state index contributed by atoms with van der Waals surface area (Å²) >= 11 is 5.86. The maximum Gasteiger partial charge on any atom is 0.313 e. The van der Waals surface area contributed by atoms with E-state index in [0.717, 1.165) is 18.4 Å². The highest BCUT2D eigenvalue weighted by atomic mass is 35.5. The fourth-order valence-electron chi connectivity index (χ4n) is 1.86. The molecule has 0 bridgehead atoms. The Kier molecular flexibility index (Phi) is 2.06. The molecule has 1 aliphatic rings. The van der Waals surface area contributed by atoms with Gasteiger partial charge in [0.25, 0.3) is 0 Å². The summed E-state index contributed by atoms with van der Waals surface area (Å²) in [5.41, 5.74) is 5.96. The third kappa shape index (κ3) is 1.72. The number of hydrogen-bond acceptors (Lipinski definition) is 3. The quantitative estimate of drug-likeness (QED) is 0.858. The number of nitrogens with one attached hydrogen (secondary N) is 1. The van der Waals surface area contributed by atoms with Gasteiger partial charge in [-0.2, -0.15) is 0 Å². The maximum atomic E-state index is 10.9. The summed E-state index contributed by atoms with van der Waals surface area (Å²) in [5, 5.41) is 3.26. The van der Waals surface area contributed by atoms with Crippen LogP contribution in [0.5, 0.6) is 0 Å². The number of amides is 2. The van der Waals surface area contributed by atoms with Crippen molar-refractivity contribution < 1.29 is 9.21 Å². The van der Waals surface area contributed by atoms with Crippen LogP contribution in [0.3, 0.4) is 0 Å². The van der Waals surface area contributed by atoms with E-state index in [9.17, 15) is 4.79 Å². The van der Waals surface area contributed by atoms with Crippen molar-refractivity contribution in [1.29, 1.82) is 0 Å². The normalized spacial score (nSPS) is 17.0. The van der Waals surface area contributed by atoms with Gasteiger partial charge in [-0.15, -0.1) is 0 Å². The van der Waals surface area contributed by atoms with Crippen molar-refractivity contribution in [3.8, 4) is 0 Å². The van der Waals surface area contributed by atoms with Crippen molar-refractivity contribution in [3.05, 3.63) is 29.1 Å². The van der Waals surface area contributed by atoms with Crippen molar-refractivity contribution in [2.45, 2.75) is 18.4 Å². The van der Waals surface area contributed by atoms with E-state index in [2.05, 4.69) is 10.3 Å². The predicted octanol–water partition coefficient (Wildman–Crippen LogP) is 2.14. The van der Waals surface area contributed by atoms with Gasteiger partial charge >= 0.3 is 6.03 Å². The Balaban J connectivity index is 2.04. The topological polar surface area (TPSA) is 81.2 Å². The molecule has 1 saturated carbocycles. The second kappa shape index (κ2) is 3.37. The van der Waals surface area contributed by atoms with E-state index >= 15 is 0 Å². The lowest BCUT2D eigenvalue weighted by molar-refractivity contribution is 0.241. The first-order chi connectivity index (χ1) is 8.09. The molecule has 3 N–H and O–H groups in total. The molecule has 0 aliphatic heterocycles. The van der Waals surface area contributed by atoms with Crippen LogP contribution in [0.4, 0.5) is 4.79 Å². The minimum absolute atomic E-state index is 0.494. The third-order valence-corrected chi connectivity index (χ3v) is 3.11. The van der Waals surface area contributed by atoms with E-state index in [1.54, 1.807) is 18.2 Å². The number of hydrogen-bond donors (Lipinski definition) is 2. The number of aromatic nitrogens is 1. The SMILES string of the molecule is NC(=O)NC1(c2nc3ccc(Cl)cc3o2)CC1. The van der Waals surface area contributed by atoms with E-state index < -0.39 is 11.6 Å². The van der Waals surface area contributed by atoms with Crippen LogP contribution in [0.15, 0.2) is 22.6 Å². The zero-order valence-electron chi connectivity index (χ0n) is 8.87. The van der Waals surface area contributed by atoms with Crippen LogP contribution < -0.4 is 11.1 Å². The van der Waals surface area contributed by atoms with Gasteiger partial charge in [0.15, 0.2) is 5.58 Å². The third-order valence-electron chi connectivity index (χ3n) is 2.87. The molecule has 0 radical (unpaired) electrons. The van der Waals surface area contributed by atoms with Crippen LogP contribution in [0, 0.1) is 0 Å². The lowest BCUT2D eigenvalue weighted by Crippen LogP contribution is -2.38. The number of nitrogens with two attached hydrogens (primary N) is 1. The number of fused-ring (bicyclic) bond motifs is 1. The summed E-state index contributed by atoms with van der Waals surface area (Å²) in [7, 11) is 0. The maximum absolute atomic E-state index is 10.9. The lowest BCUT2D eigenvalue weighted by atomic mass is 10.3. The number of rotatable bonds is 2. The molecule has 5 nitrogen and oxygen atoms in total. The van der Waals surface area contributed by atoms with Crippen LogP contribution in [-0.2, 0) is 5.54 Å². The number of benzene rings is 1. The molecule has 88 valence electrons. The van der Waals surface area contributed by atoms with E-state index in [-0.39, 0.29) is 0 Å². The summed E-state index contributed by atoms with van der Waals surface area (Å²) in [6.07, 6.45) is 1.58. The van der Waals surface area contributed by atoms with Crippen molar-refractivity contribution >= 4 is 28.7 Å². The number of carbonyl (C=O) groups excluding carboxylic acids is 1. The number of nitrogens with zero attached hydrogens (tertiary/aromatic N) is 1. The minimum Gasteiger partial charge on any atom is -0.438 e. The summed E-state index contributed by atoms with van der Waals surface area (Å²) in [5.74, 6) is 0.494. The number of oxazole rings is 1. The Morgan fingerprint density at radius 3 is 2.94 bits per heavy atom. The molecule has 6 heteroatoms. The molecule has 0 saturated heterocycles. The zero-order chi connectivity index (χ0) is 12.0. The molecule has 0 atom stereocenters. The Hall–Kier alpha value is -1.75. The second-order valence-corrected chi connectivity index (χ2v) is 4.64. The monoisotopic (exact) mass is 251 g/mol. The molecule has 1 aromatic heterocycles. The van der Waals surface area contributed by atoms with Gasteiger partial charge in [0.1, 0.15) is 11.1 Å². The lowest BCUT2D eigenvalue weighted by Gasteiger charge is -2.10. The molecule has 1 aliphatic carbocycles. The van der Waals surface area contributed by atoms with E-state index in [4.69, 9.17) is 21.8 Å². The Morgan fingerprint density at radius 2 is 2.29 bits per heavy atom. The van der Waals surface area contributed by atoms with Crippen LogP contribution >= 0.6 is 11.6 Å². The van der Waals surface area contributed by atoms with Gasteiger partial charge in [-0.3, -0.25) is 0 Å². The average molecular weight is 252 g/mol. The highest BCUT2D eigenvalue weighted by Crippen LogP contribution is 2.45. The minimum atomic E-state index is -0.567. The fourth-order valence-corrected chi connectivity index (χ4v) is 2.02. The number of primary amides is 1. The summed E-state index contributed by atoms with van der Waals surface area (Å²) in [6, 6.07) is 4.67. The van der Waals surface area contributed by atoms with E-state index in [1.165, 1.54) is 0 Å². The van der Waals surface area contributed by atoms with Crippen LogP contribution in [0.2, 0.25) is 5.02 Å². The van der Waals surface area contributed by atoms with Crippen LogP contribution in [-0.4, -0.2) is 11.0 Å². The summed E-state index contributed by atoms with van der Waals surface area (Å²) < 4.78 is 5.61. The Bertz CT molecular complexity index is 604. The average Bonchev–Trinajstić information content (AvgIpc) is 2.90. The summed E-state index contributed by atoms with van der Waals surface area (Å²) in [4.78, 5) is 15.3. The van der Waals surface area contributed by atoms with Gasteiger partial charge in [-0.1, -0.05) is 11.6 Å². The summed E-state index contributed by atoms with van der Waals surface area (Å²) in [6.45, 7) is 0. The molecule has 1 fully saturated rings. The zero-order valence-corrected chi connectivity index (χ0v) is 9.62. The largest absolute Gasteiger partial charge is 0.438 e. The van der Waals surface area contributed by atoms with E-state index in [0.29, 0.717) is 16.5 Å². The smallest absolute Gasteiger partial charge is 0.313 e. The molecule has 3 rings (SSSR count). The first-order valence-electron chi connectivity index (χ1n) is 5.23. The van der Waals surface area contributed by atoms with Crippen molar-refractivity contribution in [2.75, 3.05) is 0 Å². The van der Waals surface area contributed by atoms with Gasteiger partial charge in [0.2, 0.25) is 5.89 Å². The van der Waals surface area contributed by atoms with Gasteiger partial charge in [0.05, 0.1) is 0 Å². The van der Waals surface area contributed by atoms with Gasteiger partial charge in [-0.05, 0) is 25.0 Å². The Morgan fingerprint density at radius 1 is 1.53 bits per heavy atom. The number of carbonyl (C=O) groups is 1. The molecular formula is C11H10ClN3O2. The van der Waals surface area contributed by atoms with Crippen LogP contribution in [0.25, 0.3) is 11.1 Å². The molecule has 2 aromatic rings. The van der Waals surface area contributed by atoms with Crippen LogP contribution in [0.1, 0.15) is 18.7 Å². The second-order valence-electron chi connectivity index (χ2n) is 4.20.